The Kier molecular flexibility index (Phi) is 4.47. The number of rotatable bonds is 3. The van der Waals surface area contributed by atoms with E-state index in [0.717, 1.165) is 31.7 Å². The van der Waals surface area contributed by atoms with E-state index in [0.29, 0.717) is 17.2 Å². The maximum atomic E-state index is 12.4. The fraction of sp³-hybridized carbons (Fsp3) is 0.412. The Labute approximate surface area is 137 Å². The maximum absolute atomic E-state index is 12.4. The minimum atomic E-state index is -4.79. The number of aromatic nitrogens is 2. The summed E-state index contributed by atoms with van der Waals surface area (Å²) in [5.41, 5.74) is 1.26. The molecule has 1 fully saturated rings. The molecule has 1 aromatic carbocycles. The SMILES string of the molecule is N#Cc1cc(OC(F)(F)F)cc(-c2cnn(C3CCCCC3)c2)c1. The van der Waals surface area contributed by atoms with E-state index < -0.39 is 12.1 Å². The third-order valence-electron chi connectivity index (χ3n) is 4.15. The lowest BCUT2D eigenvalue weighted by atomic mass is 9.96. The van der Waals surface area contributed by atoms with Crippen molar-refractivity contribution in [2.75, 3.05) is 0 Å². The van der Waals surface area contributed by atoms with E-state index in [1.165, 1.54) is 18.6 Å². The van der Waals surface area contributed by atoms with Gasteiger partial charge in [-0.05, 0) is 36.6 Å². The molecule has 0 amide bonds. The highest BCUT2D eigenvalue weighted by Gasteiger charge is 2.31. The topological polar surface area (TPSA) is 50.8 Å². The van der Waals surface area contributed by atoms with E-state index in [-0.39, 0.29) is 5.56 Å². The Morgan fingerprint density at radius 3 is 2.54 bits per heavy atom. The zero-order valence-corrected chi connectivity index (χ0v) is 12.9. The molecule has 0 N–H and O–H groups in total. The van der Waals surface area contributed by atoms with Crippen LogP contribution in [0.5, 0.6) is 5.75 Å². The Bertz CT molecular complexity index is 755. The van der Waals surface area contributed by atoms with E-state index in [1.54, 1.807) is 6.20 Å². The van der Waals surface area contributed by atoms with Gasteiger partial charge in [-0.3, -0.25) is 4.68 Å². The van der Waals surface area contributed by atoms with Crippen molar-refractivity contribution < 1.29 is 17.9 Å². The largest absolute Gasteiger partial charge is 0.573 e. The first-order valence-electron chi connectivity index (χ1n) is 7.80. The van der Waals surface area contributed by atoms with Gasteiger partial charge < -0.3 is 4.74 Å². The van der Waals surface area contributed by atoms with Gasteiger partial charge in [0.25, 0.3) is 0 Å². The summed E-state index contributed by atoms with van der Waals surface area (Å²) in [6.07, 6.45) is 4.31. The van der Waals surface area contributed by atoms with Gasteiger partial charge in [-0.2, -0.15) is 10.4 Å². The van der Waals surface area contributed by atoms with Crippen molar-refractivity contribution in [3.63, 3.8) is 0 Å². The Morgan fingerprint density at radius 2 is 1.88 bits per heavy atom. The molecule has 0 atom stereocenters. The van der Waals surface area contributed by atoms with Gasteiger partial charge in [0.1, 0.15) is 5.75 Å². The zero-order chi connectivity index (χ0) is 17.2. The van der Waals surface area contributed by atoms with Gasteiger partial charge in [-0.15, -0.1) is 13.2 Å². The fourth-order valence-corrected chi connectivity index (χ4v) is 3.06. The third kappa shape index (κ3) is 3.88. The van der Waals surface area contributed by atoms with Crippen molar-refractivity contribution in [3.05, 3.63) is 36.2 Å². The van der Waals surface area contributed by atoms with Crippen LogP contribution in [0.15, 0.2) is 30.6 Å². The first-order chi connectivity index (χ1) is 11.4. The number of halogens is 3. The van der Waals surface area contributed by atoms with Crippen LogP contribution in [0.2, 0.25) is 0 Å². The van der Waals surface area contributed by atoms with Gasteiger partial charge in [0.2, 0.25) is 0 Å². The lowest BCUT2D eigenvalue weighted by Crippen LogP contribution is -2.17. The van der Waals surface area contributed by atoms with Gasteiger partial charge in [0.05, 0.1) is 23.9 Å². The molecule has 126 valence electrons. The molecule has 1 heterocycles. The molecule has 0 radical (unpaired) electrons. The highest BCUT2D eigenvalue weighted by molar-refractivity contribution is 5.66. The molecular formula is C17H16F3N3O. The monoisotopic (exact) mass is 335 g/mol. The summed E-state index contributed by atoms with van der Waals surface area (Å²) in [6, 6.07) is 6.07. The van der Waals surface area contributed by atoms with Crippen LogP contribution in [0.3, 0.4) is 0 Å². The van der Waals surface area contributed by atoms with Crippen LogP contribution in [0, 0.1) is 11.3 Å². The number of ether oxygens (including phenoxy) is 1. The molecule has 1 aliphatic carbocycles. The van der Waals surface area contributed by atoms with E-state index >= 15 is 0 Å². The van der Waals surface area contributed by atoms with E-state index in [9.17, 15) is 13.2 Å². The number of benzene rings is 1. The van der Waals surface area contributed by atoms with Crippen LogP contribution in [0.4, 0.5) is 13.2 Å². The molecular weight excluding hydrogens is 319 g/mol. The molecule has 0 bridgehead atoms. The molecule has 2 aromatic rings. The lowest BCUT2D eigenvalue weighted by Gasteiger charge is -2.21. The summed E-state index contributed by atoms with van der Waals surface area (Å²) < 4.78 is 43.1. The molecule has 4 nitrogen and oxygen atoms in total. The van der Waals surface area contributed by atoms with Crippen molar-refractivity contribution in [1.82, 2.24) is 9.78 Å². The summed E-state index contributed by atoms with van der Waals surface area (Å²) in [4.78, 5) is 0. The average molecular weight is 335 g/mol. The summed E-state index contributed by atoms with van der Waals surface area (Å²) in [6.45, 7) is 0. The smallest absolute Gasteiger partial charge is 0.406 e. The summed E-state index contributed by atoms with van der Waals surface area (Å²) in [5, 5.41) is 13.4. The molecule has 1 aromatic heterocycles. The second-order valence-corrected chi connectivity index (χ2v) is 5.91. The van der Waals surface area contributed by atoms with E-state index in [1.807, 2.05) is 16.9 Å². The van der Waals surface area contributed by atoms with Gasteiger partial charge in [0, 0.05) is 11.8 Å². The van der Waals surface area contributed by atoms with Crippen molar-refractivity contribution in [2.24, 2.45) is 0 Å². The average Bonchev–Trinajstić information content (AvgIpc) is 3.04. The van der Waals surface area contributed by atoms with Crippen molar-refractivity contribution in [2.45, 2.75) is 44.5 Å². The van der Waals surface area contributed by atoms with Crippen molar-refractivity contribution in [3.8, 4) is 22.9 Å². The van der Waals surface area contributed by atoms with E-state index in [2.05, 4.69) is 9.84 Å². The molecule has 0 spiro atoms. The molecule has 1 saturated carbocycles. The van der Waals surface area contributed by atoms with Crippen LogP contribution in [-0.4, -0.2) is 16.1 Å². The third-order valence-corrected chi connectivity index (χ3v) is 4.15. The van der Waals surface area contributed by atoms with Gasteiger partial charge >= 0.3 is 6.36 Å². The molecule has 3 rings (SSSR count). The van der Waals surface area contributed by atoms with Crippen LogP contribution < -0.4 is 4.74 Å². The predicted molar refractivity (Wildman–Crippen MR) is 81.2 cm³/mol. The van der Waals surface area contributed by atoms with Gasteiger partial charge in [-0.25, -0.2) is 0 Å². The normalized spacial score (nSPS) is 15.9. The minimum Gasteiger partial charge on any atom is -0.406 e. The molecule has 0 saturated heterocycles. The van der Waals surface area contributed by atoms with Crippen LogP contribution in [0.1, 0.15) is 43.7 Å². The lowest BCUT2D eigenvalue weighted by molar-refractivity contribution is -0.274. The molecule has 0 unspecified atom stereocenters. The molecule has 1 aliphatic rings. The fourth-order valence-electron chi connectivity index (χ4n) is 3.06. The molecule has 7 heteroatoms. The first-order valence-corrected chi connectivity index (χ1v) is 7.80. The molecule has 0 aliphatic heterocycles. The number of hydrogen-bond acceptors (Lipinski definition) is 3. The quantitative estimate of drug-likeness (QED) is 0.807. The number of nitrogens with zero attached hydrogens (tertiary/aromatic N) is 3. The Morgan fingerprint density at radius 1 is 1.12 bits per heavy atom. The predicted octanol–water partition coefficient (Wildman–Crippen LogP) is 4.83. The van der Waals surface area contributed by atoms with Gasteiger partial charge in [-0.1, -0.05) is 19.3 Å². The standard InChI is InChI=1S/C17H16F3N3O/c18-17(19,20)24-16-7-12(9-21)6-13(8-16)14-10-22-23(11-14)15-4-2-1-3-5-15/h6-8,10-11,15H,1-5H2. The Balaban J connectivity index is 1.89. The minimum absolute atomic E-state index is 0.108. The highest BCUT2D eigenvalue weighted by Crippen LogP contribution is 2.32. The number of alkyl halides is 3. The van der Waals surface area contributed by atoms with Crippen LogP contribution in [-0.2, 0) is 0 Å². The highest BCUT2D eigenvalue weighted by atomic mass is 19.4. The van der Waals surface area contributed by atoms with Crippen molar-refractivity contribution in [1.29, 1.82) is 5.26 Å². The number of hydrogen-bond donors (Lipinski definition) is 0. The summed E-state index contributed by atoms with van der Waals surface area (Å²) in [5.74, 6) is -0.401. The van der Waals surface area contributed by atoms with Gasteiger partial charge in [0.15, 0.2) is 0 Å². The van der Waals surface area contributed by atoms with Crippen LogP contribution in [0.25, 0.3) is 11.1 Å². The summed E-state index contributed by atoms with van der Waals surface area (Å²) in [7, 11) is 0. The second kappa shape index (κ2) is 6.56. The maximum Gasteiger partial charge on any atom is 0.573 e. The Hall–Kier alpha value is -2.49. The zero-order valence-electron chi connectivity index (χ0n) is 12.9. The second-order valence-electron chi connectivity index (χ2n) is 5.91. The van der Waals surface area contributed by atoms with Crippen LogP contribution >= 0.6 is 0 Å². The summed E-state index contributed by atoms with van der Waals surface area (Å²) >= 11 is 0. The molecule has 24 heavy (non-hydrogen) atoms. The van der Waals surface area contributed by atoms with Crippen molar-refractivity contribution >= 4 is 0 Å². The van der Waals surface area contributed by atoms with E-state index in [4.69, 9.17) is 5.26 Å². The first kappa shape index (κ1) is 16.4. The number of nitriles is 1.